The van der Waals surface area contributed by atoms with Crippen LogP contribution in [0, 0.1) is 40.1 Å². The van der Waals surface area contributed by atoms with E-state index in [-0.39, 0.29) is 75.1 Å². The Morgan fingerprint density at radius 3 is 2.00 bits per heavy atom. The van der Waals surface area contributed by atoms with Crippen molar-refractivity contribution in [2.75, 3.05) is 19.4 Å². The van der Waals surface area contributed by atoms with Crippen LogP contribution in [0.2, 0.25) is 0 Å². The molecule has 0 aliphatic heterocycles. The van der Waals surface area contributed by atoms with Gasteiger partial charge in [-0.25, -0.2) is 43.5 Å². The van der Waals surface area contributed by atoms with Gasteiger partial charge in [0.05, 0.1) is 45.8 Å². The molecule has 0 aromatic heterocycles. The van der Waals surface area contributed by atoms with E-state index in [1.165, 1.54) is 12.1 Å². The third kappa shape index (κ3) is 8.31. The van der Waals surface area contributed by atoms with E-state index in [1.807, 2.05) is 4.72 Å². The summed E-state index contributed by atoms with van der Waals surface area (Å²) in [5.74, 6) is -6.81. The Hall–Kier alpha value is -5.15. The number of nitriles is 2. The van der Waals surface area contributed by atoms with Crippen LogP contribution < -0.4 is 14.2 Å². The standard InChI is InChI=1S/C18H15F3N2O5S.C17H13F2NO4S/c19-11-5-10(9-22)6-12(7-11)28-14-1-2-15(29(26,27)23-3-4-24)16-13(14)8-18(20,21)17(16)25;1-25(22,23)15-7-13(19)17(12-2-3-14(21)16(12)15)24-11-5-9(8-20)4-10(18)6-11/h1-2,5-7,17,23-25H,3-4,8H2;4-7,14,21H,2-3H2,1H3/t17-;/m0./s1. The summed E-state index contributed by atoms with van der Waals surface area (Å²) in [6.45, 7) is -0.857. The highest BCUT2D eigenvalue weighted by molar-refractivity contribution is 7.90. The Bertz CT molecular complexity index is 2450. The molecule has 0 saturated carbocycles. The molecule has 12 nitrogen and oxygen atoms in total. The zero-order valence-corrected chi connectivity index (χ0v) is 29.4. The van der Waals surface area contributed by atoms with E-state index >= 15 is 0 Å². The van der Waals surface area contributed by atoms with Crippen LogP contribution in [0.25, 0.3) is 0 Å². The second-order valence-corrected chi connectivity index (χ2v) is 15.8. The molecule has 19 heteroatoms. The van der Waals surface area contributed by atoms with Crippen molar-refractivity contribution in [3.05, 3.63) is 105 Å². The fraction of sp³-hybridized carbons (Fsp3) is 0.257. The van der Waals surface area contributed by atoms with Gasteiger partial charge in [-0.1, -0.05) is 0 Å². The minimum atomic E-state index is -4.30. The molecule has 0 amide bonds. The second-order valence-electron chi connectivity index (χ2n) is 12.1. The van der Waals surface area contributed by atoms with Crippen molar-refractivity contribution in [3.63, 3.8) is 0 Å². The summed E-state index contributed by atoms with van der Waals surface area (Å²) >= 11 is 0. The van der Waals surface area contributed by atoms with Crippen molar-refractivity contribution in [1.82, 2.24) is 4.72 Å². The fourth-order valence-corrected chi connectivity index (χ4v) is 8.25. The van der Waals surface area contributed by atoms with Gasteiger partial charge in [-0.05, 0) is 55.3 Å². The third-order valence-electron chi connectivity index (χ3n) is 8.24. The molecule has 0 fully saturated rings. The van der Waals surface area contributed by atoms with Crippen molar-refractivity contribution >= 4 is 19.9 Å². The zero-order valence-electron chi connectivity index (χ0n) is 27.8. The summed E-state index contributed by atoms with van der Waals surface area (Å²) in [5.41, 5.74) is -0.507. The average Bonchev–Trinajstić information content (AvgIpc) is 3.59. The van der Waals surface area contributed by atoms with E-state index in [0.29, 0.717) is 0 Å². The molecule has 0 spiro atoms. The number of nitrogens with one attached hydrogen (secondary N) is 1. The molecule has 4 N–H and O–H groups in total. The highest BCUT2D eigenvalue weighted by Crippen LogP contribution is 2.50. The van der Waals surface area contributed by atoms with Crippen LogP contribution >= 0.6 is 0 Å². The predicted molar refractivity (Wildman–Crippen MR) is 177 cm³/mol. The predicted octanol–water partition coefficient (Wildman–Crippen LogP) is 5.00. The molecular formula is C35H28F5N3O9S2. The van der Waals surface area contributed by atoms with Gasteiger partial charge in [0.15, 0.2) is 21.4 Å². The normalized spacial score (nSPS) is 17.0. The Morgan fingerprint density at radius 2 is 1.44 bits per heavy atom. The summed E-state index contributed by atoms with van der Waals surface area (Å²) in [5, 5.41) is 46.7. The van der Waals surface area contributed by atoms with E-state index in [4.69, 9.17) is 25.1 Å². The van der Waals surface area contributed by atoms with Crippen LogP contribution in [0.5, 0.6) is 23.0 Å². The quantitative estimate of drug-likeness (QED) is 0.166. The van der Waals surface area contributed by atoms with Gasteiger partial charge >= 0.3 is 0 Å². The first-order valence-electron chi connectivity index (χ1n) is 15.6. The van der Waals surface area contributed by atoms with Gasteiger partial charge < -0.3 is 24.8 Å². The number of nitrogens with zero attached hydrogens (tertiary/aromatic N) is 2. The molecule has 2 atom stereocenters. The first-order valence-corrected chi connectivity index (χ1v) is 19.0. The number of sulfone groups is 1. The molecule has 54 heavy (non-hydrogen) atoms. The molecule has 0 heterocycles. The lowest BCUT2D eigenvalue weighted by Crippen LogP contribution is -2.28. The summed E-state index contributed by atoms with van der Waals surface area (Å²) < 4.78 is 131. The van der Waals surface area contributed by atoms with Gasteiger partial charge in [-0.3, -0.25) is 0 Å². The Labute approximate surface area is 305 Å². The first-order chi connectivity index (χ1) is 25.3. The number of rotatable bonds is 9. The van der Waals surface area contributed by atoms with Crippen molar-refractivity contribution in [2.45, 2.75) is 47.2 Å². The number of sulfonamides is 1. The lowest BCUT2D eigenvalue weighted by Gasteiger charge is -2.17. The van der Waals surface area contributed by atoms with Crippen molar-refractivity contribution in [1.29, 1.82) is 10.5 Å². The number of aliphatic hydroxyl groups is 3. The molecule has 0 saturated heterocycles. The zero-order chi connectivity index (χ0) is 39.7. The number of aliphatic hydroxyl groups excluding tert-OH is 3. The first kappa shape index (κ1) is 40.0. The lowest BCUT2D eigenvalue weighted by atomic mass is 10.1. The number of alkyl halides is 2. The van der Waals surface area contributed by atoms with Crippen molar-refractivity contribution < 1.29 is 63.6 Å². The SMILES string of the molecule is CS(=O)(=O)c1cc(F)c(Oc2cc(F)cc(C#N)c2)c2c1C(O)CC2.N#Cc1cc(F)cc(Oc2ccc(S(=O)(=O)NCCO)c3c2CC(F)(F)[C@H]3O)c1. The Balaban J connectivity index is 0.000000210. The molecule has 0 radical (unpaired) electrons. The summed E-state index contributed by atoms with van der Waals surface area (Å²) in [6, 6.07) is 12.7. The Kier molecular flexibility index (Phi) is 11.3. The van der Waals surface area contributed by atoms with Crippen LogP contribution in [0.1, 0.15) is 52.0 Å². The van der Waals surface area contributed by atoms with Gasteiger partial charge in [0.25, 0.3) is 5.92 Å². The number of hydrogen-bond acceptors (Lipinski definition) is 11. The molecule has 2 aliphatic rings. The second kappa shape index (κ2) is 15.3. The highest BCUT2D eigenvalue weighted by atomic mass is 32.2. The molecule has 2 aliphatic carbocycles. The number of ether oxygens (including phenoxy) is 2. The van der Waals surface area contributed by atoms with E-state index in [2.05, 4.69) is 0 Å². The number of halogens is 5. The molecule has 284 valence electrons. The fourth-order valence-electron chi connectivity index (χ4n) is 5.98. The van der Waals surface area contributed by atoms with E-state index < -0.39 is 78.9 Å². The van der Waals surface area contributed by atoms with Crippen molar-refractivity contribution in [3.8, 4) is 35.1 Å². The third-order valence-corrected chi connectivity index (χ3v) is 10.9. The minimum absolute atomic E-state index is 0.000144. The largest absolute Gasteiger partial charge is 0.457 e. The topological polar surface area (TPSA) is 207 Å². The van der Waals surface area contributed by atoms with Crippen LogP contribution in [0.3, 0.4) is 0 Å². The number of benzene rings is 4. The van der Waals surface area contributed by atoms with Gasteiger partial charge in [-0.2, -0.15) is 10.5 Å². The summed E-state index contributed by atoms with van der Waals surface area (Å²) in [4.78, 5) is -0.857. The molecule has 1 unspecified atom stereocenters. The van der Waals surface area contributed by atoms with E-state index in [9.17, 15) is 49.0 Å². The smallest absolute Gasteiger partial charge is 0.281 e. The van der Waals surface area contributed by atoms with Crippen LogP contribution in [-0.4, -0.2) is 57.5 Å². The van der Waals surface area contributed by atoms with Gasteiger partial charge in [0.2, 0.25) is 10.0 Å². The van der Waals surface area contributed by atoms with Gasteiger partial charge in [0.1, 0.15) is 35.0 Å². The van der Waals surface area contributed by atoms with Crippen LogP contribution in [0.15, 0.2) is 64.4 Å². The van der Waals surface area contributed by atoms with E-state index in [0.717, 1.165) is 48.7 Å². The molecular weight excluding hydrogens is 766 g/mol. The number of fused-ring (bicyclic) bond motifs is 2. The van der Waals surface area contributed by atoms with Crippen molar-refractivity contribution in [2.24, 2.45) is 0 Å². The molecule has 6 rings (SSSR count). The minimum Gasteiger partial charge on any atom is -0.457 e. The molecule has 0 bridgehead atoms. The van der Waals surface area contributed by atoms with E-state index in [1.54, 1.807) is 12.1 Å². The summed E-state index contributed by atoms with van der Waals surface area (Å²) in [6.07, 6.45) is -3.08. The highest BCUT2D eigenvalue weighted by Gasteiger charge is 2.50. The molecule has 4 aromatic carbocycles. The maximum Gasteiger partial charge on any atom is 0.281 e. The van der Waals surface area contributed by atoms with Crippen LogP contribution in [-0.2, 0) is 32.7 Å². The van der Waals surface area contributed by atoms with Gasteiger partial charge in [0, 0.05) is 53.6 Å². The maximum absolute atomic E-state index is 14.5. The number of hydrogen-bond donors (Lipinski definition) is 4. The lowest BCUT2D eigenvalue weighted by molar-refractivity contribution is -0.0976. The monoisotopic (exact) mass is 793 g/mol. The van der Waals surface area contributed by atoms with Gasteiger partial charge in [-0.15, -0.1) is 0 Å². The van der Waals surface area contributed by atoms with Crippen LogP contribution in [0.4, 0.5) is 22.0 Å². The average molecular weight is 794 g/mol. The summed E-state index contributed by atoms with van der Waals surface area (Å²) in [7, 11) is -8.05. The maximum atomic E-state index is 14.5. The molecule has 4 aromatic rings. The Morgan fingerprint density at radius 1 is 0.852 bits per heavy atom.